The Bertz CT molecular complexity index is 346. The van der Waals surface area contributed by atoms with Gasteiger partial charge in [0.15, 0.2) is 8.32 Å². The molecule has 1 N–H and O–H groups in total. The first-order chi connectivity index (χ1) is 13.7. The molecular formula is C27H45OSiZr-. The first kappa shape index (κ1) is 35.1. The zero-order valence-corrected chi connectivity index (χ0v) is 23.8. The fourth-order valence-electron chi connectivity index (χ4n) is 2.08. The summed E-state index contributed by atoms with van der Waals surface area (Å²) in [6.45, 7) is 16.2. The van der Waals surface area contributed by atoms with E-state index in [2.05, 4.69) is 33.4 Å². The molecule has 168 valence electrons. The van der Waals surface area contributed by atoms with E-state index in [0.29, 0.717) is 0 Å². The van der Waals surface area contributed by atoms with Crippen molar-refractivity contribution in [3.63, 3.8) is 0 Å². The second-order valence-corrected chi connectivity index (χ2v) is 12.6. The molecule has 0 spiro atoms. The van der Waals surface area contributed by atoms with Gasteiger partial charge < -0.3 is 10.9 Å². The van der Waals surface area contributed by atoms with Crippen molar-refractivity contribution in [2.75, 3.05) is 0 Å². The summed E-state index contributed by atoms with van der Waals surface area (Å²) in [4.78, 5) is 8.66. The molecule has 2 aliphatic rings. The van der Waals surface area contributed by atoms with Crippen LogP contribution in [0.25, 0.3) is 0 Å². The average molecular weight is 505 g/mol. The van der Waals surface area contributed by atoms with Gasteiger partial charge in [-0.1, -0.05) is 58.1 Å². The van der Waals surface area contributed by atoms with Crippen molar-refractivity contribution in [3.8, 4) is 0 Å². The largest absolute Gasteiger partial charge is 0.497 e. The third-order valence-electron chi connectivity index (χ3n) is 3.36. The van der Waals surface area contributed by atoms with Gasteiger partial charge in [0, 0.05) is 26.2 Å². The quantitative estimate of drug-likeness (QED) is 0.154. The number of rotatable bonds is 8. The molecule has 2 fully saturated rings. The molecule has 0 atom stereocenters. The molecule has 0 aromatic carbocycles. The van der Waals surface area contributed by atoms with Crippen LogP contribution in [0.5, 0.6) is 0 Å². The third-order valence-corrected chi connectivity index (χ3v) is 3.36. The molecule has 0 heterocycles. The molecular weight excluding hydrogens is 460 g/mol. The van der Waals surface area contributed by atoms with Gasteiger partial charge in [-0.2, -0.15) is 6.42 Å². The van der Waals surface area contributed by atoms with E-state index in [1.165, 1.54) is 43.3 Å². The normalized spacial score (nSPS) is 15.5. The Balaban J connectivity index is -0.000000371. The monoisotopic (exact) mass is 503 g/mol. The minimum Gasteiger partial charge on any atom is -0.497 e. The van der Waals surface area contributed by atoms with Crippen LogP contribution in [0.15, 0.2) is 17.7 Å². The van der Waals surface area contributed by atoms with Gasteiger partial charge in [0.05, 0.1) is 0 Å². The van der Waals surface area contributed by atoms with E-state index >= 15 is 0 Å². The van der Waals surface area contributed by atoms with Crippen molar-refractivity contribution in [2.24, 2.45) is 0 Å². The number of allylic oxidation sites excluding steroid dienone is 3. The molecule has 10 radical (unpaired) electrons. The van der Waals surface area contributed by atoms with Crippen molar-refractivity contribution in [2.45, 2.75) is 85.4 Å². The van der Waals surface area contributed by atoms with Crippen LogP contribution in [0.4, 0.5) is 0 Å². The van der Waals surface area contributed by atoms with Gasteiger partial charge in [-0.3, -0.25) is 5.57 Å². The second kappa shape index (κ2) is 25.8. The summed E-state index contributed by atoms with van der Waals surface area (Å²) in [5.41, 5.74) is 2.74. The Hall–Kier alpha value is 0.540. The fourth-order valence-corrected chi connectivity index (χ4v) is 2.08. The van der Waals surface area contributed by atoms with Crippen LogP contribution in [-0.4, -0.2) is 13.1 Å². The Morgan fingerprint density at radius 1 is 0.800 bits per heavy atom. The van der Waals surface area contributed by atoms with Crippen molar-refractivity contribution >= 4 is 8.32 Å². The van der Waals surface area contributed by atoms with E-state index in [1.54, 1.807) is 0 Å². The molecule has 3 heteroatoms. The molecule has 0 aromatic heterocycles. The summed E-state index contributed by atoms with van der Waals surface area (Å²) < 4.78 is 0. The van der Waals surface area contributed by atoms with Gasteiger partial charge in [0.2, 0.25) is 0 Å². The molecule has 2 rings (SSSR count). The summed E-state index contributed by atoms with van der Waals surface area (Å²) in [6.07, 6.45) is 32.0. The van der Waals surface area contributed by atoms with Crippen LogP contribution >= 0.6 is 0 Å². The number of hydrogen-bond acceptors (Lipinski definition) is 1. The maximum atomic E-state index is 8.66. The van der Waals surface area contributed by atoms with Crippen LogP contribution in [0.1, 0.15) is 65.7 Å². The van der Waals surface area contributed by atoms with Crippen LogP contribution in [-0.2, 0) is 26.2 Å². The number of hydrogen-bond donors (Lipinski definition) is 1. The van der Waals surface area contributed by atoms with Crippen LogP contribution < -0.4 is 0 Å². The topological polar surface area (TPSA) is 20.2 Å². The van der Waals surface area contributed by atoms with Gasteiger partial charge in [-0.15, -0.1) is 0 Å². The molecule has 0 bridgehead atoms. The second-order valence-electron chi connectivity index (χ2n) is 8.22. The van der Waals surface area contributed by atoms with Crippen molar-refractivity contribution in [1.29, 1.82) is 0 Å². The van der Waals surface area contributed by atoms with Gasteiger partial charge in [-0.25, -0.2) is 0 Å². The van der Waals surface area contributed by atoms with E-state index in [1.807, 2.05) is 83.8 Å². The SMILES string of the molecule is C=C(C)CC(=[C-]CCCC)CCCC.C[Si](C)(C)O.[CH]1[CH][CH][CH][CH]1.[CH]1[CH][CH][CH][CH]1.[Zr]. The summed E-state index contributed by atoms with van der Waals surface area (Å²) in [7, 11) is -1.61. The Morgan fingerprint density at radius 2 is 1.13 bits per heavy atom. The average Bonchev–Trinajstić information content (AvgIpc) is 3.36. The summed E-state index contributed by atoms with van der Waals surface area (Å²) in [5.74, 6) is 0. The molecule has 2 aliphatic carbocycles. The Labute approximate surface area is 211 Å². The Morgan fingerprint density at radius 3 is 1.40 bits per heavy atom. The maximum absolute atomic E-state index is 8.66. The van der Waals surface area contributed by atoms with Crippen molar-refractivity contribution in [3.05, 3.63) is 88.0 Å². The summed E-state index contributed by atoms with van der Waals surface area (Å²) >= 11 is 0. The molecule has 2 saturated carbocycles. The molecule has 1 nitrogen and oxygen atoms in total. The molecule has 0 aliphatic heterocycles. The molecule has 0 unspecified atom stereocenters. The van der Waals surface area contributed by atoms with E-state index in [0.717, 1.165) is 12.8 Å². The number of unbranched alkanes of at least 4 members (excludes halogenated alkanes) is 3. The van der Waals surface area contributed by atoms with E-state index in [4.69, 9.17) is 4.80 Å². The predicted octanol–water partition coefficient (Wildman–Crippen LogP) is 7.92. The van der Waals surface area contributed by atoms with Crippen LogP contribution in [0.3, 0.4) is 0 Å². The minimum absolute atomic E-state index is 0. The molecule has 0 aromatic rings. The van der Waals surface area contributed by atoms with E-state index < -0.39 is 8.32 Å². The Kier molecular flexibility index (Phi) is 30.2. The van der Waals surface area contributed by atoms with E-state index in [9.17, 15) is 0 Å². The smallest absolute Gasteiger partial charge is 0.179 e. The fraction of sp³-hybridized carbons (Fsp3) is 0.481. The van der Waals surface area contributed by atoms with Crippen molar-refractivity contribution < 1.29 is 31.0 Å². The van der Waals surface area contributed by atoms with Crippen LogP contribution in [0, 0.1) is 70.3 Å². The van der Waals surface area contributed by atoms with Gasteiger partial charge in [0.25, 0.3) is 0 Å². The summed E-state index contributed by atoms with van der Waals surface area (Å²) in [6, 6.07) is 0. The maximum Gasteiger partial charge on any atom is 0.179 e. The van der Waals surface area contributed by atoms with E-state index in [-0.39, 0.29) is 26.2 Å². The first-order valence-corrected chi connectivity index (χ1v) is 14.4. The van der Waals surface area contributed by atoms with Gasteiger partial charge in [0.1, 0.15) is 0 Å². The zero-order chi connectivity index (χ0) is 22.4. The standard InChI is InChI=1S/C14H25.2C5H5.C3H10OSi.Zr/c1-5-7-9-11-14(10-8-6-2)12-13(3)4;2*1-2-4-5-3-1;1-5(2,3)4;/h3,5-10,12H2,1-2,4H3;2*1-5H;4H,1-3H3;/q-1;;;;. The van der Waals surface area contributed by atoms with Gasteiger partial charge >= 0.3 is 0 Å². The van der Waals surface area contributed by atoms with Crippen LogP contribution in [0.2, 0.25) is 19.6 Å². The minimum atomic E-state index is -1.61. The molecule has 30 heavy (non-hydrogen) atoms. The molecule has 0 saturated heterocycles. The summed E-state index contributed by atoms with van der Waals surface area (Å²) in [5, 5.41) is 0. The zero-order valence-electron chi connectivity index (χ0n) is 20.4. The van der Waals surface area contributed by atoms with Gasteiger partial charge in [-0.05, 0) is 97.2 Å². The molecule has 0 amide bonds. The van der Waals surface area contributed by atoms with Crippen molar-refractivity contribution in [1.82, 2.24) is 0 Å². The predicted molar refractivity (Wildman–Crippen MR) is 134 cm³/mol. The first-order valence-electron chi connectivity index (χ1n) is 11.0. The third kappa shape index (κ3) is 39.1.